The van der Waals surface area contributed by atoms with Crippen molar-refractivity contribution in [3.05, 3.63) is 41.4 Å². The van der Waals surface area contributed by atoms with Gasteiger partial charge in [0.15, 0.2) is 5.01 Å². The monoisotopic (exact) mass is 299 g/mol. The molecule has 0 saturated carbocycles. The number of anilines is 1. The fraction of sp³-hybridized carbons (Fsp3) is 0.0667. The van der Waals surface area contributed by atoms with Gasteiger partial charge in [-0.2, -0.15) is 0 Å². The van der Waals surface area contributed by atoms with Gasteiger partial charge in [-0.15, -0.1) is 11.3 Å². The van der Waals surface area contributed by atoms with Crippen molar-refractivity contribution in [2.45, 2.75) is 0 Å². The Bertz CT molecular complexity index is 842. The highest BCUT2D eigenvalue weighted by Crippen LogP contribution is 2.38. The van der Waals surface area contributed by atoms with E-state index in [1.807, 2.05) is 36.4 Å². The zero-order chi connectivity index (χ0) is 15.0. The summed E-state index contributed by atoms with van der Waals surface area (Å²) in [6.45, 7) is 0. The maximum absolute atomic E-state index is 11.4. The van der Waals surface area contributed by atoms with E-state index in [1.165, 1.54) is 11.3 Å². The molecule has 21 heavy (non-hydrogen) atoms. The van der Waals surface area contributed by atoms with Crippen LogP contribution >= 0.6 is 11.3 Å². The van der Waals surface area contributed by atoms with Crippen molar-refractivity contribution < 1.29 is 9.53 Å². The summed E-state index contributed by atoms with van der Waals surface area (Å²) in [5.41, 5.74) is 14.4. The molecule has 106 valence electrons. The Morgan fingerprint density at radius 2 is 2.10 bits per heavy atom. The van der Waals surface area contributed by atoms with E-state index in [9.17, 15) is 4.79 Å². The van der Waals surface area contributed by atoms with E-state index in [1.54, 1.807) is 7.11 Å². The van der Waals surface area contributed by atoms with Crippen LogP contribution in [0, 0.1) is 0 Å². The lowest BCUT2D eigenvalue weighted by Gasteiger charge is -2.06. The minimum Gasteiger partial charge on any atom is -0.494 e. The molecule has 1 aromatic heterocycles. The van der Waals surface area contributed by atoms with Crippen LogP contribution < -0.4 is 16.2 Å². The van der Waals surface area contributed by atoms with Crippen LogP contribution in [0.15, 0.2) is 36.4 Å². The first-order valence-electron chi connectivity index (χ1n) is 6.23. The quantitative estimate of drug-likeness (QED) is 0.727. The van der Waals surface area contributed by atoms with Crippen molar-refractivity contribution >= 4 is 33.1 Å². The third-order valence-electron chi connectivity index (χ3n) is 3.13. The van der Waals surface area contributed by atoms with Crippen LogP contribution in [0.4, 0.5) is 5.69 Å². The summed E-state index contributed by atoms with van der Waals surface area (Å²) in [5.74, 6) is 0.0678. The largest absolute Gasteiger partial charge is 0.494 e. The molecule has 3 aromatic rings. The van der Waals surface area contributed by atoms with Crippen LogP contribution in [-0.2, 0) is 0 Å². The van der Waals surface area contributed by atoms with E-state index in [2.05, 4.69) is 4.98 Å². The Hall–Kier alpha value is -2.60. The van der Waals surface area contributed by atoms with Crippen LogP contribution in [-0.4, -0.2) is 18.0 Å². The number of ether oxygens (including phenoxy) is 1. The molecule has 0 saturated heterocycles. The molecule has 0 fully saturated rings. The fourth-order valence-electron chi connectivity index (χ4n) is 2.19. The van der Waals surface area contributed by atoms with E-state index in [0.29, 0.717) is 17.0 Å². The zero-order valence-corrected chi connectivity index (χ0v) is 12.1. The molecule has 0 spiro atoms. The second-order valence-corrected chi connectivity index (χ2v) is 5.50. The number of carbonyl (C=O) groups is 1. The maximum atomic E-state index is 11.4. The van der Waals surface area contributed by atoms with Gasteiger partial charge < -0.3 is 16.2 Å². The summed E-state index contributed by atoms with van der Waals surface area (Å²) < 4.78 is 6.16. The van der Waals surface area contributed by atoms with Crippen molar-refractivity contribution in [2.24, 2.45) is 5.73 Å². The van der Waals surface area contributed by atoms with Crippen molar-refractivity contribution in [1.29, 1.82) is 0 Å². The third-order valence-corrected chi connectivity index (χ3v) is 4.24. The Morgan fingerprint density at radius 3 is 2.76 bits per heavy atom. The minimum absolute atomic E-state index is 0.264. The van der Waals surface area contributed by atoms with E-state index in [0.717, 1.165) is 15.8 Å². The molecule has 0 aliphatic rings. The Labute approximate surface area is 125 Å². The molecule has 6 heteroatoms. The minimum atomic E-state index is -0.545. The number of nitrogens with zero attached hydrogens (tertiary/aromatic N) is 1. The van der Waals surface area contributed by atoms with Crippen LogP contribution in [0.25, 0.3) is 21.3 Å². The van der Waals surface area contributed by atoms with Crippen LogP contribution in [0.2, 0.25) is 0 Å². The van der Waals surface area contributed by atoms with Gasteiger partial charge in [0, 0.05) is 11.3 Å². The van der Waals surface area contributed by atoms with E-state index in [4.69, 9.17) is 16.2 Å². The molecule has 0 unspecified atom stereocenters. The zero-order valence-electron chi connectivity index (χ0n) is 11.3. The van der Waals surface area contributed by atoms with Gasteiger partial charge >= 0.3 is 0 Å². The van der Waals surface area contributed by atoms with Crippen molar-refractivity contribution in [1.82, 2.24) is 4.98 Å². The van der Waals surface area contributed by atoms with Gasteiger partial charge in [0.1, 0.15) is 11.3 Å². The lowest BCUT2D eigenvalue weighted by molar-refractivity contribution is 0.1000. The first-order chi connectivity index (χ1) is 10.1. The number of hydrogen-bond acceptors (Lipinski definition) is 5. The first kappa shape index (κ1) is 13.4. The summed E-state index contributed by atoms with van der Waals surface area (Å²) in [7, 11) is 1.57. The summed E-state index contributed by atoms with van der Waals surface area (Å²) in [5, 5.41) is 0.264. The molecule has 2 aromatic carbocycles. The SMILES string of the molecule is COc1ccc(-c2cccc(N)c2)c2sc(C(N)=O)nc12. The number of amides is 1. The average Bonchev–Trinajstić information content (AvgIpc) is 2.91. The molecule has 0 radical (unpaired) electrons. The number of hydrogen-bond donors (Lipinski definition) is 2. The second kappa shape index (κ2) is 5.06. The molecule has 0 aliphatic carbocycles. The molecule has 3 rings (SSSR count). The lowest BCUT2D eigenvalue weighted by atomic mass is 10.0. The van der Waals surface area contributed by atoms with Crippen molar-refractivity contribution in [3.8, 4) is 16.9 Å². The van der Waals surface area contributed by atoms with Gasteiger partial charge in [0.25, 0.3) is 5.91 Å². The molecule has 0 aliphatic heterocycles. The van der Waals surface area contributed by atoms with Crippen LogP contribution in [0.3, 0.4) is 0 Å². The lowest BCUT2D eigenvalue weighted by Crippen LogP contribution is -2.09. The number of rotatable bonds is 3. The number of benzene rings is 2. The second-order valence-electron chi connectivity index (χ2n) is 4.50. The normalized spacial score (nSPS) is 10.7. The van der Waals surface area contributed by atoms with Crippen molar-refractivity contribution in [2.75, 3.05) is 12.8 Å². The number of nitrogen functional groups attached to an aromatic ring is 1. The highest BCUT2D eigenvalue weighted by molar-refractivity contribution is 7.20. The molecular weight excluding hydrogens is 286 g/mol. The molecule has 1 heterocycles. The van der Waals surface area contributed by atoms with Gasteiger partial charge in [-0.3, -0.25) is 4.79 Å². The smallest absolute Gasteiger partial charge is 0.277 e. The number of primary amides is 1. The molecular formula is C15H13N3O2S. The highest BCUT2D eigenvalue weighted by Gasteiger charge is 2.16. The predicted molar refractivity (Wildman–Crippen MR) is 84.5 cm³/mol. The standard InChI is InChI=1S/C15H13N3O2S/c1-20-11-6-5-10(8-3-2-4-9(16)7-8)13-12(11)18-15(21-13)14(17)19/h2-7H,16H2,1H3,(H2,17,19). The van der Waals surface area contributed by atoms with Crippen LogP contribution in [0.5, 0.6) is 5.75 Å². The molecule has 5 nitrogen and oxygen atoms in total. The number of methoxy groups -OCH3 is 1. The van der Waals surface area contributed by atoms with Crippen molar-refractivity contribution in [3.63, 3.8) is 0 Å². The summed E-state index contributed by atoms with van der Waals surface area (Å²) in [6, 6.07) is 11.3. The van der Waals surface area contributed by atoms with Gasteiger partial charge in [-0.25, -0.2) is 4.98 Å². The van der Waals surface area contributed by atoms with E-state index >= 15 is 0 Å². The Balaban J connectivity index is 2.31. The number of thiazole rings is 1. The Kier molecular flexibility index (Phi) is 3.23. The van der Waals surface area contributed by atoms with E-state index in [-0.39, 0.29) is 5.01 Å². The predicted octanol–water partition coefficient (Wildman–Crippen LogP) is 2.65. The average molecular weight is 299 g/mol. The van der Waals surface area contributed by atoms with Gasteiger partial charge in [-0.05, 0) is 29.8 Å². The maximum Gasteiger partial charge on any atom is 0.277 e. The van der Waals surface area contributed by atoms with Gasteiger partial charge in [-0.1, -0.05) is 12.1 Å². The van der Waals surface area contributed by atoms with Gasteiger partial charge in [0.05, 0.1) is 11.8 Å². The highest BCUT2D eigenvalue weighted by atomic mass is 32.1. The summed E-state index contributed by atoms with van der Waals surface area (Å²) in [6.07, 6.45) is 0. The first-order valence-corrected chi connectivity index (χ1v) is 7.05. The molecule has 1 amide bonds. The molecule has 0 atom stereocenters. The number of fused-ring (bicyclic) bond motifs is 1. The van der Waals surface area contributed by atoms with Crippen LogP contribution in [0.1, 0.15) is 9.80 Å². The Morgan fingerprint density at radius 1 is 1.29 bits per heavy atom. The molecule has 4 N–H and O–H groups in total. The number of nitrogens with two attached hydrogens (primary N) is 2. The van der Waals surface area contributed by atoms with Gasteiger partial charge in [0.2, 0.25) is 0 Å². The molecule has 0 bridgehead atoms. The summed E-state index contributed by atoms with van der Waals surface area (Å²) in [4.78, 5) is 15.7. The number of aromatic nitrogens is 1. The third kappa shape index (κ3) is 2.30. The summed E-state index contributed by atoms with van der Waals surface area (Å²) >= 11 is 1.26. The fourth-order valence-corrected chi connectivity index (χ4v) is 3.16. The number of carbonyl (C=O) groups excluding carboxylic acids is 1. The van der Waals surface area contributed by atoms with E-state index < -0.39 is 5.91 Å². The topological polar surface area (TPSA) is 91.2 Å².